The van der Waals surface area contributed by atoms with Gasteiger partial charge in [0.2, 0.25) is 0 Å². The van der Waals surface area contributed by atoms with Crippen LogP contribution in [0.3, 0.4) is 0 Å². The number of ether oxygens (including phenoxy) is 1. The average molecular weight is 384 g/mol. The molecule has 0 aliphatic heterocycles. The lowest BCUT2D eigenvalue weighted by Gasteiger charge is -2.19. The Morgan fingerprint density at radius 1 is 1.41 bits per heavy atom. The molecule has 122 valence electrons. The molecule has 1 rings (SSSR count). The van der Waals surface area contributed by atoms with Crippen molar-refractivity contribution in [1.82, 2.24) is 5.32 Å². The number of carboxylic acids is 1. The fourth-order valence-electron chi connectivity index (χ4n) is 1.52. The Hall–Kier alpha value is -1.77. The molecule has 2 N–H and O–H groups in total. The number of rotatable bonds is 6. The first-order valence-corrected chi connectivity index (χ1v) is 6.90. The van der Waals surface area contributed by atoms with Crippen molar-refractivity contribution in [3.8, 4) is 5.75 Å². The van der Waals surface area contributed by atoms with Gasteiger partial charge in [-0.2, -0.15) is 13.2 Å². The summed E-state index contributed by atoms with van der Waals surface area (Å²) in [4.78, 5) is 22.5. The Morgan fingerprint density at radius 3 is 2.55 bits per heavy atom. The molecular formula is C13H13BrF3NO4. The van der Waals surface area contributed by atoms with Gasteiger partial charge in [0.1, 0.15) is 11.8 Å². The molecule has 0 heterocycles. The van der Waals surface area contributed by atoms with Gasteiger partial charge in [-0.3, -0.25) is 4.79 Å². The van der Waals surface area contributed by atoms with E-state index in [9.17, 15) is 22.8 Å². The van der Waals surface area contributed by atoms with E-state index in [2.05, 4.69) is 15.9 Å². The summed E-state index contributed by atoms with van der Waals surface area (Å²) in [6, 6.07) is 4.43. The fraction of sp³-hybridized carbons (Fsp3) is 0.385. The molecule has 0 aromatic heterocycles. The number of nitrogens with one attached hydrogen (secondary N) is 1. The third-order valence-corrected chi connectivity index (χ3v) is 3.02. The number of halogens is 4. The van der Waals surface area contributed by atoms with Crippen LogP contribution in [0.4, 0.5) is 13.2 Å². The summed E-state index contributed by atoms with van der Waals surface area (Å²) in [5, 5.41) is 10.5. The fourth-order valence-corrected chi connectivity index (χ4v) is 1.90. The summed E-state index contributed by atoms with van der Waals surface area (Å²) in [7, 11) is 0. The molecule has 0 aliphatic carbocycles. The summed E-state index contributed by atoms with van der Waals surface area (Å²) < 4.78 is 42.7. The summed E-state index contributed by atoms with van der Waals surface area (Å²) in [5.41, 5.74) is 0. The van der Waals surface area contributed by atoms with Gasteiger partial charge in [-0.05, 0) is 25.1 Å². The van der Waals surface area contributed by atoms with Gasteiger partial charge < -0.3 is 15.2 Å². The second-order valence-electron chi connectivity index (χ2n) is 4.44. The normalized spacial score (nSPS) is 14.0. The molecule has 5 nitrogen and oxygen atoms in total. The molecule has 2 atom stereocenters. The van der Waals surface area contributed by atoms with Crippen LogP contribution < -0.4 is 10.1 Å². The molecule has 0 saturated heterocycles. The maximum atomic E-state index is 12.3. The van der Waals surface area contributed by atoms with Crippen LogP contribution in [-0.2, 0) is 9.59 Å². The van der Waals surface area contributed by atoms with Gasteiger partial charge >= 0.3 is 12.1 Å². The number of alkyl halides is 3. The van der Waals surface area contributed by atoms with Crippen LogP contribution in [0.2, 0.25) is 0 Å². The SMILES string of the molecule is CC(Oc1cccc(Br)c1)C(=O)NC(CC(F)(F)F)C(=O)O. The Morgan fingerprint density at radius 2 is 2.05 bits per heavy atom. The van der Waals surface area contributed by atoms with Crippen LogP contribution in [-0.4, -0.2) is 35.3 Å². The van der Waals surface area contributed by atoms with E-state index in [4.69, 9.17) is 9.84 Å². The molecule has 0 spiro atoms. The molecule has 0 bridgehead atoms. The van der Waals surface area contributed by atoms with Crippen molar-refractivity contribution in [2.75, 3.05) is 0 Å². The van der Waals surface area contributed by atoms with E-state index in [1.54, 1.807) is 24.3 Å². The first-order chi connectivity index (χ1) is 10.1. The van der Waals surface area contributed by atoms with Crippen LogP contribution in [0, 0.1) is 0 Å². The van der Waals surface area contributed by atoms with E-state index in [1.807, 2.05) is 5.32 Å². The Kier molecular flexibility index (Phi) is 6.21. The Balaban J connectivity index is 2.67. The number of hydrogen-bond acceptors (Lipinski definition) is 3. The van der Waals surface area contributed by atoms with Crippen LogP contribution in [0.1, 0.15) is 13.3 Å². The van der Waals surface area contributed by atoms with Crippen molar-refractivity contribution in [1.29, 1.82) is 0 Å². The Bertz CT molecular complexity index is 550. The van der Waals surface area contributed by atoms with Gasteiger partial charge in [-0.1, -0.05) is 22.0 Å². The quantitative estimate of drug-likeness (QED) is 0.791. The molecule has 22 heavy (non-hydrogen) atoms. The predicted octanol–water partition coefficient (Wildman–Crippen LogP) is 2.74. The standard InChI is InChI=1S/C13H13BrF3NO4/c1-7(22-9-4-2-3-8(14)5-9)11(19)18-10(12(20)21)6-13(15,16)17/h2-5,7,10H,6H2,1H3,(H,18,19)(H,20,21). The van der Waals surface area contributed by atoms with Gasteiger partial charge in [0.25, 0.3) is 5.91 Å². The molecular weight excluding hydrogens is 371 g/mol. The Labute approximate surface area is 132 Å². The number of carbonyl (C=O) groups is 2. The summed E-state index contributed by atoms with van der Waals surface area (Å²) in [5.74, 6) is -2.39. The lowest BCUT2D eigenvalue weighted by Crippen LogP contribution is -2.48. The summed E-state index contributed by atoms with van der Waals surface area (Å²) in [6.07, 6.45) is -7.51. The van der Waals surface area contributed by atoms with Gasteiger partial charge in [-0.25, -0.2) is 4.79 Å². The first-order valence-electron chi connectivity index (χ1n) is 6.10. The van der Waals surface area contributed by atoms with E-state index in [0.717, 1.165) is 0 Å². The molecule has 0 saturated carbocycles. The highest BCUT2D eigenvalue weighted by Crippen LogP contribution is 2.22. The maximum Gasteiger partial charge on any atom is 0.391 e. The highest BCUT2D eigenvalue weighted by Gasteiger charge is 2.37. The number of carboxylic acid groups (broad SMARTS) is 1. The third kappa shape index (κ3) is 6.33. The zero-order valence-corrected chi connectivity index (χ0v) is 12.9. The molecule has 1 aromatic carbocycles. The van der Waals surface area contributed by atoms with E-state index < -0.39 is 36.6 Å². The highest BCUT2D eigenvalue weighted by atomic mass is 79.9. The van der Waals surface area contributed by atoms with E-state index in [1.165, 1.54) is 6.92 Å². The lowest BCUT2D eigenvalue weighted by atomic mass is 10.2. The predicted molar refractivity (Wildman–Crippen MR) is 74.5 cm³/mol. The minimum Gasteiger partial charge on any atom is -0.481 e. The van der Waals surface area contributed by atoms with Crippen LogP contribution in [0.15, 0.2) is 28.7 Å². The number of amides is 1. The smallest absolute Gasteiger partial charge is 0.391 e. The molecule has 0 radical (unpaired) electrons. The second-order valence-corrected chi connectivity index (χ2v) is 5.35. The summed E-state index contributed by atoms with van der Waals surface area (Å²) in [6.45, 7) is 1.31. The molecule has 2 unspecified atom stereocenters. The summed E-state index contributed by atoms with van der Waals surface area (Å²) >= 11 is 3.20. The lowest BCUT2D eigenvalue weighted by molar-refractivity contribution is -0.160. The topological polar surface area (TPSA) is 75.6 Å². The minimum atomic E-state index is -4.70. The van der Waals surface area contributed by atoms with Crippen LogP contribution >= 0.6 is 15.9 Å². The van der Waals surface area contributed by atoms with Crippen molar-refractivity contribution < 1.29 is 32.6 Å². The van der Waals surface area contributed by atoms with Crippen molar-refractivity contribution in [3.05, 3.63) is 28.7 Å². The van der Waals surface area contributed by atoms with Crippen molar-refractivity contribution >= 4 is 27.8 Å². The van der Waals surface area contributed by atoms with Gasteiger partial charge in [0.05, 0.1) is 6.42 Å². The van der Waals surface area contributed by atoms with Crippen molar-refractivity contribution in [2.45, 2.75) is 31.7 Å². The van der Waals surface area contributed by atoms with Gasteiger partial charge in [0.15, 0.2) is 6.10 Å². The molecule has 9 heteroatoms. The second kappa shape index (κ2) is 7.48. The molecule has 1 aromatic rings. The van der Waals surface area contributed by atoms with E-state index in [-0.39, 0.29) is 0 Å². The largest absolute Gasteiger partial charge is 0.481 e. The first kappa shape index (κ1) is 18.3. The highest BCUT2D eigenvalue weighted by molar-refractivity contribution is 9.10. The third-order valence-electron chi connectivity index (χ3n) is 2.53. The zero-order chi connectivity index (χ0) is 16.9. The van der Waals surface area contributed by atoms with Gasteiger partial charge in [0, 0.05) is 4.47 Å². The average Bonchev–Trinajstić information content (AvgIpc) is 2.36. The zero-order valence-electron chi connectivity index (χ0n) is 11.4. The molecule has 1 amide bonds. The van der Waals surface area contributed by atoms with E-state index in [0.29, 0.717) is 10.2 Å². The van der Waals surface area contributed by atoms with E-state index >= 15 is 0 Å². The maximum absolute atomic E-state index is 12.3. The number of aliphatic carboxylic acids is 1. The molecule has 0 fully saturated rings. The van der Waals surface area contributed by atoms with Crippen molar-refractivity contribution in [2.24, 2.45) is 0 Å². The number of benzene rings is 1. The number of carbonyl (C=O) groups excluding carboxylic acids is 1. The van der Waals surface area contributed by atoms with Crippen molar-refractivity contribution in [3.63, 3.8) is 0 Å². The minimum absolute atomic E-state index is 0.319. The monoisotopic (exact) mass is 383 g/mol. The van der Waals surface area contributed by atoms with Gasteiger partial charge in [-0.15, -0.1) is 0 Å². The molecule has 0 aliphatic rings. The number of hydrogen-bond donors (Lipinski definition) is 2. The van der Waals surface area contributed by atoms with Crippen LogP contribution in [0.25, 0.3) is 0 Å². The van der Waals surface area contributed by atoms with Crippen LogP contribution in [0.5, 0.6) is 5.75 Å².